The molecule has 0 aromatic rings. The van der Waals surface area contributed by atoms with E-state index < -0.39 is 17.4 Å². The molecule has 0 heterocycles. The van der Waals surface area contributed by atoms with Gasteiger partial charge in [-0.25, -0.2) is 9.13 Å². The molecule has 7 heteroatoms. The van der Waals surface area contributed by atoms with Crippen molar-refractivity contribution in [2.24, 2.45) is 0 Å². The van der Waals surface area contributed by atoms with Crippen LogP contribution in [0.1, 0.15) is 0 Å². The van der Waals surface area contributed by atoms with Gasteiger partial charge in [0.2, 0.25) is 0 Å². The first kappa shape index (κ1) is 15.7. The molecule has 0 bridgehead atoms. The summed E-state index contributed by atoms with van der Waals surface area (Å²) >= 11 is 0. The summed E-state index contributed by atoms with van der Waals surface area (Å²) in [5.41, 5.74) is 0. The van der Waals surface area contributed by atoms with E-state index in [2.05, 4.69) is 0 Å². The predicted octanol–water partition coefficient (Wildman–Crippen LogP) is -0.0100. The smallest absolute Gasteiger partial charge is 0.310 e. The first-order chi connectivity index (χ1) is 2.83. The molecule has 0 rings (SSSR count). The van der Waals surface area contributed by atoms with Crippen molar-refractivity contribution in [2.45, 2.75) is 0 Å². The summed E-state index contributed by atoms with van der Waals surface area (Å²) in [7, 11) is -1.67. The summed E-state index contributed by atoms with van der Waals surface area (Å²) in [6.07, 6.45) is 0. The number of hydrogen-bond donors (Lipinski definition) is 2. The Bertz CT molecular complexity index is 30.7. The minimum absolute atomic E-state index is 0. The molecule has 0 aromatic carbocycles. The van der Waals surface area contributed by atoms with E-state index in [0.717, 1.165) is 0 Å². The third-order valence-electron chi connectivity index (χ3n) is 0. The van der Waals surface area contributed by atoms with Gasteiger partial charge in [-0.15, -0.1) is 0 Å². The molecule has 42 valence electrons. The second-order valence-corrected chi connectivity index (χ2v) is 0.490. The van der Waals surface area contributed by atoms with Crippen LogP contribution in [0.15, 0.2) is 0 Å². The Morgan fingerprint density at radius 2 is 1.00 bits per heavy atom. The molecule has 0 aliphatic carbocycles. The maximum Gasteiger partial charge on any atom is 0.324 e. The SMILES string of the molecule is O=PO.O=PO.[Te]. The summed E-state index contributed by atoms with van der Waals surface area (Å²) in [6.45, 7) is 0. The van der Waals surface area contributed by atoms with E-state index in [1.54, 1.807) is 0 Å². The summed E-state index contributed by atoms with van der Waals surface area (Å²) < 4.78 is 16.9. The van der Waals surface area contributed by atoms with Crippen molar-refractivity contribution in [2.75, 3.05) is 0 Å². The van der Waals surface area contributed by atoms with E-state index in [-0.39, 0.29) is 23.7 Å². The Labute approximate surface area is 60.2 Å². The van der Waals surface area contributed by atoms with Crippen LogP contribution in [0.3, 0.4) is 0 Å². The zero-order valence-electron chi connectivity index (χ0n) is 3.01. The van der Waals surface area contributed by atoms with E-state index in [9.17, 15) is 0 Å². The fourth-order valence-corrected chi connectivity index (χ4v) is 0. The topological polar surface area (TPSA) is 74.6 Å². The molecular weight excluding hydrogens is 254 g/mol. The molecule has 0 fully saturated rings. The molecule has 2 N–H and O–H groups in total. The Morgan fingerprint density at radius 1 is 1.00 bits per heavy atom. The summed E-state index contributed by atoms with van der Waals surface area (Å²) in [6, 6.07) is 0. The zero-order chi connectivity index (χ0) is 5.41. The monoisotopic (exact) mass is 258 g/mol. The van der Waals surface area contributed by atoms with Gasteiger partial charge in [-0.2, -0.15) is 0 Å². The van der Waals surface area contributed by atoms with Crippen molar-refractivity contribution < 1.29 is 18.9 Å². The Balaban J connectivity index is -0.0000000400. The summed E-state index contributed by atoms with van der Waals surface area (Å²) in [5, 5.41) is 0. The fraction of sp³-hybridized carbons (Fsp3) is 0. The van der Waals surface area contributed by atoms with Crippen LogP contribution in [0.25, 0.3) is 0 Å². The fourth-order valence-electron chi connectivity index (χ4n) is 0. The van der Waals surface area contributed by atoms with Gasteiger partial charge in [0.05, 0.1) is 0 Å². The largest absolute Gasteiger partial charge is 0.324 e. The van der Waals surface area contributed by atoms with E-state index in [1.165, 1.54) is 0 Å². The van der Waals surface area contributed by atoms with Crippen LogP contribution < -0.4 is 0 Å². The van der Waals surface area contributed by atoms with Crippen LogP contribution in [0, 0.1) is 0 Å². The second kappa shape index (κ2) is 28.5. The first-order valence-electron chi connectivity index (χ1n) is 0.765. The number of rotatable bonds is 0. The van der Waals surface area contributed by atoms with Gasteiger partial charge >= 0.3 is 17.4 Å². The van der Waals surface area contributed by atoms with E-state index in [4.69, 9.17) is 18.9 Å². The molecule has 0 spiro atoms. The molecule has 0 aliphatic rings. The van der Waals surface area contributed by atoms with Crippen molar-refractivity contribution >= 4 is 41.0 Å². The van der Waals surface area contributed by atoms with Gasteiger partial charge in [-0.1, -0.05) is 0 Å². The average molecular weight is 256 g/mol. The maximum absolute atomic E-state index is 8.46. The quantitative estimate of drug-likeness (QED) is 0.472. The van der Waals surface area contributed by atoms with Crippen LogP contribution in [-0.4, -0.2) is 33.5 Å². The molecular formula is H2O4P2Te. The van der Waals surface area contributed by atoms with Gasteiger partial charge in [0.15, 0.2) is 0 Å². The first-order valence-corrected chi connectivity index (χ1v) is 2.30. The molecule has 0 aliphatic heterocycles. The third kappa shape index (κ3) is 201. The van der Waals surface area contributed by atoms with Gasteiger partial charge in [-0.05, 0) is 0 Å². The van der Waals surface area contributed by atoms with Crippen molar-refractivity contribution in [1.82, 2.24) is 0 Å². The van der Waals surface area contributed by atoms with E-state index in [1.807, 2.05) is 0 Å². The van der Waals surface area contributed by atoms with Gasteiger partial charge < -0.3 is 9.79 Å². The van der Waals surface area contributed by atoms with Gasteiger partial charge in [0, 0.05) is 23.7 Å². The molecule has 2 radical (unpaired) electrons. The van der Waals surface area contributed by atoms with Crippen LogP contribution in [-0.2, 0) is 9.13 Å². The molecule has 4 nitrogen and oxygen atoms in total. The van der Waals surface area contributed by atoms with Crippen molar-refractivity contribution in [3.05, 3.63) is 0 Å². The molecule has 0 saturated carbocycles. The van der Waals surface area contributed by atoms with Crippen molar-refractivity contribution in [3.8, 4) is 0 Å². The number of hydrogen-bond acceptors (Lipinski definition) is 2. The summed E-state index contributed by atoms with van der Waals surface area (Å²) in [5.74, 6) is 0. The average Bonchev–Trinajstić information content (AvgIpc) is 1.39. The van der Waals surface area contributed by atoms with Gasteiger partial charge in [0.1, 0.15) is 0 Å². The van der Waals surface area contributed by atoms with Crippen LogP contribution in [0.5, 0.6) is 0 Å². The van der Waals surface area contributed by atoms with E-state index in [0.29, 0.717) is 0 Å². The minimum atomic E-state index is -0.833. The van der Waals surface area contributed by atoms with Crippen molar-refractivity contribution in [3.63, 3.8) is 0 Å². The van der Waals surface area contributed by atoms with Gasteiger partial charge in [0.25, 0.3) is 0 Å². The van der Waals surface area contributed by atoms with Crippen LogP contribution >= 0.6 is 17.4 Å². The summed E-state index contributed by atoms with van der Waals surface area (Å²) in [4.78, 5) is 14.0. The molecule has 0 amide bonds. The second-order valence-electron chi connectivity index (χ2n) is 0.163. The molecule has 0 atom stereocenters. The Hall–Kier alpha value is 0.910. The molecule has 0 unspecified atom stereocenters. The van der Waals surface area contributed by atoms with Gasteiger partial charge in [-0.3, -0.25) is 0 Å². The van der Waals surface area contributed by atoms with Crippen molar-refractivity contribution in [1.29, 1.82) is 0 Å². The predicted molar refractivity (Wildman–Crippen MR) is 25.4 cm³/mol. The standard InChI is InChI=1S/2HO2P.Te/c2*1-3-2;/h2*(H,1,2);. The Kier molecular flexibility index (Phi) is 63.8. The normalized spacial score (nSPS) is 6.00. The molecule has 0 saturated heterocycles. The molecule has 7 heavy (non-hydrogen) atoms. The maximum atomic E-state index is 8.46. The van der Waals surface area contributed by atoms with E-state index >= 15 is 0 Å². The molecule has 0 aromatic heterocycles. The third-order valence-corrected chi connectivity index (χ3v) is 0. The zero-order valence-corrected chi connectivity index (χ0v) is 7.13. The Morgan fingerprint density at radius 3 is 1.00 bits per heavy atom. The minimum Gasteiger partial charge on any atom is -0.310 e. The van der Waals surface area contributed by atoms with Crippen LogP contribution in [0.4, 0.5) is 0 Å². The van der Waals surface area contributed by atoms with Crippen LogP contribution in [0.2, 0.25) is 0 Å².